The molecule has 1 aliphatic carbocycles. The summed E-state index contributed by atoms with van der Waals surface area (Å²) in [6.45, 7) is 2.13. The van der Waals surface area contributed by atoms with Crippen LogP contribution < -0.4 is 5.32 Å². The number of hydrogen-bond donors (Lipinski definition) is 1. The van der Waals surface area contributed by atoms with Crippen LogP contribution in [0.3, 0.4) is 0 Å². The molecule has 0 saturated heterocycles. The molecule has 0 atom stereocenters. The van der Waals surface area contributed by atoms with E-state index in [4.69, 9.17) is 0 Å². The summed E-state index contributed by atoms with van der Waals surface area (Å²) < 4.78 is 2.15. The van der Waals surface area contributed by atoms with Gasteiger partial charge in [-0.1, -0.05) is 31.0 Å². The minimum atomic E-state index is 0.593. The molecule has 0 amide bonds. The minimum absolute atomic E-state index is 0.593. The standard InChI is InChI=1S/C15H19N3/c1-12-6-2-5-9-14(12)18-11-10-16-15(18)17-13-7-3-4-8-13/h2,5-6,9-11,13H,3-4,7-8H2,1H3,(H,16,17). The molecule has 1 fully saturated rings. The zero-order valence-electron chi connectivity index (χ0n) is 10.8. The molecular formula is C15H19N3. The number of benzene rings is 1. The Bertz CT molecular complexity index is 524. The number of imidazole rings is 1. The van der Waals surface area contributed by atoms with Crippen molar-refractivity contribution >= 4 is 5.95 Å². The first-order valence-corrected chi connectivity index (χ1v) is 6.70. The molecule has 0 radical (unpaired) electrons. The highest BCUT2D eigenvalue weighted by atomic mass is 15.2. The molecule has 18 heavy (non-hydrogen) atoms. The van der Waals surface area contributed by atoms with Gasteiger partial charge in [-0.2, -0.15) is 0 Å². The van der Waals surface area contributed by atoms with Crippen molar-refractivity contribution in [3.8, 4) is 5.69 Å². The molecule has 3 rings (SSSR count). The van der Waals surface area contributed by atoms with Crippen LogP contribution in [-0.4, -0.2) is 15.6 Å². The molecule has 1 aromatic carbocycles. The fourth-order valence-corrected chi connectivity index (χ4v) is 2.69. The Labute approximate surface area is 108 Å². The number of anilines is 1. The molecule has 3 heteroatoms. The molecule has 1 N–H and O–H groups in total. The molecule has 1 aliphatic rings. The van der Waals surface area contributed by atoms with E-state index in [1.54, 1.807) is 0 Å². The molecule has 0 aliphatic heterocycles. The maximum atomic E-state index is 4.45. The van der Waals surface area contributed by atoms with Crippen LogP contribution in [0.25, 0.3) is 5.69 Å². The van der Waals surface area contributed by atoms with Gasteiger partial charge in [-0.05, 0) is 31.4 Å². The van der Waals surface area contributed by atoms with E-state index in [0.29, 0.717) is 6.04 Å². The van der Waals surface area contributed by atoms with E-state index in [1.165, 1.54) is 36.9 Å². The summed E-state index contributed by atoms with van der Waals surface area (Å²) in [5.74, 6) is 0.969. The van der Waals surface area contributed by atoms with E-state index in [1.807, 2.05) is 12.4 Å². The summed E-state index contributed by atoms with van der Waals surface area (Å²) in [7, 11) is 0. The number of aromatic nitrogens is 2. The van der Waals surface area contributed by atoms with Crippen LogP contribution in [0.15, 0.2) is 36.7 Å². The van der Waals surface area contributed by atoms with Crippen LogP contribution in [0.1, 0.15) is 31.2 Å². The monoisotopic (exact) mass is 241 g/mol. The van der Waals surface area contributed by atoms with Gasteiger partial charge in [-0.15, -0.1) is 0 Å². The van der Waals surface area contributed by atoms with Gasteiger partial charge < -0.3 is 5.32 Å². The van der Waals surface area contributed by atoms with Crippen LogP contribution in [0.4, 0.5) is 5.95 Å². The predicted molar refractivity (Wildman–Crippen MR) is 74.2 cm³/mol. The fraction of sp³-hybridized carbons (Fsp3) is 0.400. The van der Waals surface area contributed by atoms with Crippen LogP contribution in [0, 0.1) is 6.92 Å². The number of hydrogen-bond acceptors (Lipinski definition) is 2. The van der Waals surface area contributed by atoms with Gasteiger partial charge in [0.05, 0.1) is 5.69 Å². The van der Waals surface area contributed by atoms with Gasteiger partial charge in [0, 0.05) is 18.4 Å². The van der Waals surface area contributed by atoms with Crippen molar-refractivity contribution in [2.24, 2.45) is 0 Å². The molecule has 2 aromatic rings. The van der Waals surface area contributed by atoms with Crippen LogP contribution in [0.2, 0.25) is 0 Å². The Morgan fingerprint density at radius 1 is 1.22 bits per heavy atom. The summed E-state index contributed by atoms with van der Waals surface area (Å²) in [6, 6.07) is 9.00. The van der Waals surface area contributed by atoms with Crippen LogP contribution in [0.5, 0.6) is 0 Å². The largest absolute Gasteiger partial charge is 0.353 e. The first-order valence-electron chi connectivity index (χ1n) is 6.70. The molecule has 0 bridgehead atoms. The molecule has 0 unspecified atom stereocenters. The van der Waals surface area contributed by atoms with Gasteiger partial charge in [0.15, 0.2) is 0 Å². The average Bonchev–Trinajstić information content (AvgIpc) is 3.02. The van der Waals surface area contributed by atoms with E-state index in [0.717, 1.165) is 5.95 Å². The van der Waals surface area contributed by atoms with Crippen molar-refractivity contribution in [1.82, 2.24) is 9.55 Å². The highest BCUT2D eigenvalue weighted by Crippen LogP contribution is 2.24. The fourth-order valence-electron chi connectivity index (χ4n) is 2.69. The first kappa shape index (κ1) is 11.3. The molecule has 0 spiro atoms. The molecule has 1 aromatic heterocycles. The second kappa shape index (κ2) is 4.84. The van der Waals surface area contributed by atoms with Gasteiger partial charge in [-0.3, -0.25) is 4.57 Å². The number of nitrogens with zero attached hydrogens (tertiary/aromatic N) is 2. The van der Waals surface area contributed by atoms with Gasteiger partial charge in [-0.25, -0.2) is 4.98 Å². The van der Waals surface area contributed by atoms with Crippen molar-refractivity contribution in [1.29, 1.82) is 0 Å². The van der Waals surface area contributed by atoms with Crippen LogP contribution >= 0.6 is 0 Å². The number of para-hydroxylation sites is 1. The highest BCUT2D eigenvalue weighted by Gasteiger charge is 2.17. The summed E-state index contributed by atoms with van der Waals surface area (Å²) >= 11 is 0. The van der Waals surface area contributed by atoms with E-state index < -0.39 is 0 Å². The van der Waals surface area contributed by atoms with E-state index in [2.05, 4.69) is 46.1 Å². The topological polar surface area (TPSA) is 29.9 Å². The summed E-state index contributed by atoms with van der Waals surface area (Å²) in [4.78, 5) is 4.45. The molecule has 94 valence electrons. The van der Waals surface area contributed by atoms with Gasteiger partial charge in [0.2, 0.25) is 5.95 Å². The Balaban J connectivity index is 1.89. The van der Waals surface area contributed by atoms with Crippen molar-refractivity contribution in [2.75, 3.05) is 5.32 Å². The van der Waals surface area contributed by atoms with Crippen molar-refractivity contribution in [2.45, 2.75) is 38.6 Å². The number of aryl methyl sites for hydroxylation is 1. The van der Waals surface area contributed by atoms with Crippen molar-refractivity contribution in [3.05, 3.63) is 42.2 Å². The maximum absolute atomic E-state index is 4.45. The summed E-state index contributed by atoms with van der Waals surface area (Å²) in [5, 5.41) is 3.57. The SMILES string of the molecule is Cc1ccccc1-n1ccnc1NC1CCCC1. The first-order chi connectivity index (χ1) is 8.84. The lowest BCUT2D eigenvalue weighted by Gasteiger charge is -2.15. The van der Waals surface area contributed by atoms with E-state index in [-0.39, 0.29) is 0 Å². The maximum Gasteiger partial charge on any atom is 0.207 e. The lowest BCUT2D eigenvalue weighted by molar-refractivity contribution is 0.740. The molecule has 1 saturated carbocycles. The van der Waals surface area contributed by atoms with Gasteiger partial charge in [0.25, 0.3) is 0 Å². The third-order valence-electron chi connectivity index (χ3n) is 3.70. The van der Waals surface area contributed by atoms with Gasteiger partial charge in [0.1, 0.15) is 0 Å². The predicted octanol–water partition coefficient (Wildman–Crippen LogP) is 3.54. The third kappa shape index (κ3) is 2.13. The molecule has 1 heterocycles. The Kier molecular flexibility index (Phi) is 3.05. The summed E-state index contributed by atoms with van der Waals surface area (Å²) in [5.41, 5.74) is 2.47. The lowest BCUT2D eigenvalue weighted by atomic mass is 10.2. The Hall–Kier alpha value is -1.77. The highest BCUT2D eigenvalue weighted by molar-refractivity contribution is 5.47. The van der Waals surface area contributed by atoms with E-state index in [9.17, 15) is 0 Å². The number of nitrogens with one attached hydrogen (secondary N) is 1. The molecular weight excluding hydrogens is 222 g/mol. The lowest BCUT2D eigenvalue weighted by Crippen LogP contribution is -2.17. The third-order valence-corrected chi connectivity index (χ3v) is 3.70. The van der Waals surface area contributed by atoms with Crippen molar-refractivity contribution < 1.29 is 0 Å². The Morgan fingerprint density at radius 2 is 2.00 bits per heavy atom. The second-order valence-electron chi connectivity index (χ2n) is 5.03. The zero-order chi connectivity index (χ0) is 12.4. The van der Waals surface area contributed by atoms with Crippen molar-refractivity contribution in [3.63, 3.8) is 0 Å². The average molecular weight is 241 g/mol. The minimum Gasteiger partial charge on any atom is -0.353 e. The van der Waals surface area contributed by atoms with E-state index >= 15 is 0 Å². The van der Waals surface area contributed by atoms with Gasteiger partial charge >= 0.3 is 0 Å². The molecule has 3 nitrogen and oxygen atoms in total. The second-order valence-corrected chi connectivity index (χ2v) is 5.03. The normalized spacial score (nSPS) is 16.1. The Morgan fingerprint density at radius 3 is 2.78 bits per heavy atom. The quantitative estimate of drug-likeness (QED) is 0.890. The summed E-state index contributed by atoms with van der Waals surface area (Å²) in [6.07, 6.45) is 9.09. The van der Waals surface area contributed by atoms with Crippen LogP contribution in [-0.2, 0) is 0 Å². The smallest absolute Gasteiger partial charge is 0.207 e. The zero-order valence-corrected chi connectivity index (χ0v) is 10.8. The number of rotatable bonds is 3.